The van der Waals surface area contributed by atoms with Gasteiger partial charge in [0.25, 0.3) is 0 Å². The summed E-state index contributed by atoms with van der Waals surface area (Å²) in [6, 6.07) is 8.47. The zero-order valence-electron chi connectivity index (χ0n) is 10.7. The third kappa shape index (κ3) is 2.94. The van der Waals surface area contributed by atoms with Crippen LogP contribution in [0.4, 0.5) is 0 Å². The van der Waals surface area contributed by atoms with Crippen LogP contribution in [0, 0.1) is 13.8 Å². The topological polar surface area (TPSA) is 29.9 Å². The van der Waals surface area contributed by atoms with Crippen molar-refractivity contribution in [1.82, 2.24) is 15.1 Å². The number of nitrogens with zero attached hydrogens (tertiary/aromatic N) is 2. The minimum atomic E-state index is 0.814. The van der Waals surface area contributed by atoms with Crippen molar-refractivity contribution in [2.24, 2.45) is 7.05 Å². The molecule has 0 unspecified atom stereocenters. The van der Waals surface area contributed by atoms with Crippen LogP contribution in [0.3, 0.4) is 0 Å². The first-order valence-corrected chi connectivity index (χ1v) is 5.91. The van der Waals surface area contributed by atoms with Crippen molar-refractivity contribution < 1.29 is 0 Å². The van der Waals surface area contributed by atoms with E-state index in [2.05, 4.69) is 42.5 Å². The van der Waals surface area contributed by atoms with Crippen molar-refractivity contribution >= 4 is 0 Å². The van der Waals surface area contributed by atoms with Crippen molar-refractivity contribution in [3.05, 3.63) is 52.8 Å². The lowest BCUT2D eigenvalue weighted by atomic mass is 10.0. The van der Waals surface area contributed by atoms with E-state index >= 15 is 0 Å². The minimum absolute atomic E-state index is 0.814. The van der Waals surface area contributed by atoms with Crippen molar-refractivity contribution in [2.75, 3.05) is 0 Å². The van der Waals surface area contributed by atoms with Crippen LogP contribution in [0.2, 0.25) is 0 Å². The Kier molecular flexibility index (Phi) is 3.59. The fraction of sp³-hybridized carbons (Fsp3) is 0.357. The summed E-state index contributed by atoms with van der Waals surface area (Å²) >= 11 is 0. The second-order valence-corrected chi connectivity index (χ2v) is 4.44. The fourth-order valence-corrected chi connectivity index (χ4v) is 1.89. The zero-order valence-corrected chi connectivity index (χ0v) is 10.7. The van der Waals surface area contributed by atoms with Gasteiger partial charge in [-0.1, -0.05) is 18.2 Å². The summed E-state index contributed by atoms with van der Waals surface area (Å²) in [4.78, 5) is 0. The molecule has 0 bridgehead atoms. The van der Waals surface area contributed by atoms with Crippen LogP contribution < -0.4 is 5.32 Å². The summed E-state index contributed by atoms with van der Waals surface area (Å²) in [5.74, 6) is 0. The van der Waals surface area contributed by atoms with Gasteiger partial charge in [-0.15, -0.1) is 0 Å². The van der Waals surface area contributed by atoms with Crippen molar-refractivity contribution in [3.8, 4) is 0 Å². The zero-order chi connectivity index (χ0) is 12.3. The molecule has 1 aromatic heterocycles. The minimum Gasteiger partial charge on any atom is -0.307 e. The van der Waals surface area contributed by atoms with Gasteiger partial charge in [-0.05, 0) is 36.6 Å². The number of rotatable bonds is 4. The monoisotopic (exact) mass is 229 g/mol. The second kappa shape index (κ2) is 5.15. The van der Waals surface area contributed by atoms with E-state index in [1.165, 1.54) is 16.7 Å². The van der Waals surface area contributed by atoms with Gasteiger partial charge in [0.05, 0.1) is 5.69 Å². The molecule has 0 fully saturated rings. The second-order valence-electron chi connectivity index (χ2n) is 4.44. The average molecular weight is 229 g/mol. The molecule has 0 saturated carbocycles. The standard InChI is InChI=1S/C14H19N3/c1-11-5-4-6-13(12(11)2)9-15-10-14-7-8-17(3)16-14/h4-8,15H,9-10H2,1-3H3. The molecule has 0 saturated heterocycles. The van der Waals surface area contributed by atoms with E-state index in [9.17, 15) is 0 Å². The maximum absolute atomic E-state index is 4.34. The summed E-state index contributed by atoms with van der Waals surface area (Å²) in [5, 5.41) is 7.76. The van der Waals surface area contributed by atoms with Gasteiger partial charge < -0.3 is 5.32 Å². The molecule has 0 amide bonds. The third-order valence-corrected chi connectivity index (χ3v) is 3.11. The van der Waals surface area contributed by atoms with Gasteiger partial charge in [-0.2, -0.15) is 5.10 Å². The highest BCUT2D eigenvalue weighted by molar-refractivity contribution is 5.32. The summed E-state index contributed by atoms with van der Waals surface area (Å²) in [6.07, 6.45) is 1.97. The largest absolute Gasteiger partial charge is 0.307 e. The molecule has 0 radical (unpaired) electrons. The van der Waals surface area contributed by atoms with Crippen molar-refractivity contribution in [1.29, 1.82) is 0 Å². The third-order valence-electron chi connectivity index (χ3n) is 3.11. The highest BCUT2D eigenvalue weighted by Gasteiger charge is 2.01. The van der Waals surface area contributed by atoms with Crippen LogP contribution in [-0.4, -0.2) is 9.78 Å². The molecule has 17 heavy (non-hydrogen) atoms. The maximum atomic E-state index is 4.34. The quantitative estimate of drug-likeness (QED) is 0.872. The lowest BCUT2D eigenvalue weighted by Crippen LogP contribution is -2.14. The molecule has 90 valence electrons. The Bertz CT molecular complexity index is 500. The smallest absolute Gasteiger partial charge is 0.0762 e. The van der Waals surface area contributed by atoms with Crippen LogP contribution in [0.1, 0.15) is 22.4 Å². The first kappa shape index (κ1) is 11.9. The van der Waals surface area contributed by atoms with Crippen LogP contribution in [0.15, 0.2) is 30.5 Å². The van der Waals surface area contributed by atoms with Gasteiger partial charge in [0, 0.05) is 26.3 Å². The maximum Gasteiger partial charge on any atom is 0.0762 e. The Balaban J connectivity index is 1.92. The molecule has 0 atom stereocenters. The van der Waals surface area contributed by atoms with Crippen LogP contribution in [-0.2, 0) is 20.1 Å². The van der Waals surface area contributed by atoms with Gasteiger partial charge in [0.2, 0.25) is 0 Å². The van der Waals surface area contributed by atoms with Gasteiger partial charge in [-0.25, -0.2) is 0 Å². The molecule has 0 aliphatic carbocycles. The van der Waals surface area contributed by atoms with Crippen molar-refractivity contribution in [2.45, 2.75) is 26.9 Å². The number of hydrogen-bond acceptors (Lipinski definition) is 2. The van der Waals surface area contributed by atoms with E-state index in [1.54, 1.807) is 0 Å². The first-order chi connectivity index (χ1) is 8.16. The van der Waals surface area contributed by atoms with Gasteiger partial charge in [-0.3, -0.25) is 4.68 Å². The molecular weight excluding hydrogens is 210 g/mol. The molecule has 0 spiro atoms. The summed E-state index contributed by atoms with van der Waals surface area (Å²) < 4.78 is 1.83. The first-order valence-electron chi connectivity index (χ1n) is 5.91. The Morgan fingerprint density at radius 2 is 2.00 bits per heavy atom. The molecule has 2 aromatic rings. The van der Waals surface area contributed by atoms with Crippen LogP contribution in [0.25, 0.3) is 0 Å². The summed E-state index contributed by atoms with van der Waals surface area (Å²) in [6.45, 7) is 6.03. The van der Waals surface area contributed by atoms with Crippen molar-refractivity contribution in [3.63, 3.8) is 0 Å². The molecule has 2 rings (SSSR count). The van der Waals surface area contributed by atoms with E-state index in [0.717, 1.165) is 18.8 Å². The number of nitrogens with one attached hydrogen (secondary N) is 1. The number of aryl methyl sites for hydroxylation is 2. The SMILES string of the molecule is Cc1cccc(CNCc2ccn(C)n2)c1C. The fourth-order valence-electron chi connectivity index (χ4n) is 1.89. The summed E-state index contributed by atoms with van der Waals surface area (Å²) in [5.41, 5.74) is 5.17. The Labute approximate surface area is 102 Å². The lowest BCUT2D eigenvalue weighted by molar-refractivity contribution is 0.654. The highest BCUT2D eigenvalue weighted by atomic mass is 15.3. The molecule has 1 heterocycles. The number of aromatic nitrogens is 2. The highest BCUT2D eigenvalue weighted by Crippen LogP contribution is 2.12. The predicted molar refractivity (Wildman–Crippen MR) is 69.7 cm³/mol. The van der Waals surface area contributed by atoms with Gasteiger partial charge in [0.1, 0.15) is 0 Å². The molecule has 3 nitrogen and oxygen atoms in total. The van der Waals surface area contributed by atoms with Gasteiger partial charge >= 0.3 is 0 Å². The molecule has 1 N–H and O–H groups in total. The van der Waals surface area contributed by atoms with E-state index in [1.807, 2.05) is 24.0 Å². The molecule has 1 aromatic carbocycles. The van der Waals surface area contributed by atoms with E-state index in [-0.39, 0.29) is 0 Å². The van der Waals surface area contributed by atoms with E-state index in [0.29, 0.717) is 0 Å². The molecule has 3 heteroatoms. The van der Waals surface area contributed by atoms with Crippen LogP contribution >= 0.6 is 0 Å². The molecule has 0 aliphatic rings. The average Bonchev–Trinajstić information content (AvgIpc) is 2.70. The lowest BCUT2D eigenvalue weighted by Gasteiger charge is -2.09. The summed E-state index contributed by atoms with van der Waals surface area (Å²) in [7, 11) is 1.94. The normalized spacial score (nSPS) is 10.8. The number of benzene rings is 1. The van der Waals surface area contributed by atoms with E-state index in [4.69, 9.17) is 0 Å². The van der Waals surface area contributed by atoms with Gasteiger partial charge in [0.15, 0.2) is 0 Å². The Morgan fingerprint density at radius 3 is 2.71 bits per heavy atom. The molecule has 0 aliphatic heterocycles. The van der Waals surface area contributed by atoms with E-state index < -0.39 is 0 Å². The Morgan fingerprint density at radius 1 is 1.18 bits per heavy atom. The Hall–Kier alpha value is -1.61. The van der Waals surface area contributed by atoms with Crippen LogP contribution in [0.5, 0.6) is 0 Å². The number of hydrogen-bond donors (Lipinski definition) is 1. The molecular formula is C14H19N3. The predicted octanol–water partition coefficient (Wildman–Crippen LogP) is 2.33.